The van der Waals surface area contributed by atoms with E-state index in [-0.39, 0.29) is 42.6 Å². The number of fused-ring (bicyclic) bond motifs is 1. The average Bonchev–Trinajstić information content (AvgIpc) is 2.91. The van der Waals surface area contributed by atoms with Crippen LogP contribution in [0.25, 0.3) is 0 Å². The maximum atomic E-state index is 12.4. The van der Waals surface area contributed by atoms with E-state index in [2.05, 4.69) is 0 Å². The van der Waals surface area contributed by atoms with Crippen LogP contribution in [0.15, 0.2) is 18.2 Å². The summed E-state index contributed by atoms with van der Waals surface area (Å²) in [5.41, 5.74) is 1.03. The summed E-state index contributed by atoms with van der Waals surface area (Å²) in [5.74, 6) is -1.38. The second-order valence-electron chi connectivity index (χ2n) is 7.00. The van der Waals surface area contributed by atoms with E-state index in [9.17, 15) is 19.2 Å². The number of carbonyl (C=O) groups excluding carboxylic acids is 4. The first kappa shape index (κ1) is 19.1. The standard InChI is InChI=1S/C20H23NO6/c1-12(22)13-7-8-17(26-2)14(9-13)11-27-18(23)10-21-19(24)15-5-3-4-6-16(15)20(21)25/h7-9,15-16H,3-6,10-11H2,1-2H3/t15-,16-/m0/s1. The van der Waals surface area contributed by atoms with Gasteiger partial charge in [0.15, 0.2) is 5.78 Å². The first-order valence-corrected chi connectivity index (χ1v) is 9.11. The molecule has 1 aliphatic heterocycles. The number of nitrogens with zero attached hydrogens (tertiary/aromatic N) is 1. The van der Waals surface area contributed by atoms with Gasteiger partial charge in [-0.05, 0) is 38.0 Å². The quantitative estimate of drug-likeness (QED) is 0.431. The van der Waals surface area contributed by atoms with Crippen molar-refractivity contribution in [2.45, 2.75) is 39.2 Å². The smallest absolute Gasteiger partial charge is 0.326 e. The summed E-state index contributed by atoms with van der Waals surface area (Å²) in [6.07, 6.45) is 3.28. The van der Waals surface area contributed by atoms with E-state index in [1.807, 2.05) is 0 Å². The van der Waals surface area contributed by atoms with Gasteiger partial charge in [0.2, 0.25) is 11.8 Å². The third-order valence-corrected chi connectivity index (χ3v) is 5.30. The molecule has 0 spiro atoms. The summed E-state index contributed by atoms with van der Waals surface area (Å²) in [6.45, 7) is 0.965. The SMILES string of the molecule is COc1ccc(C(C)=O)cc1COC(=O)CN1C(=O)[C@H]2CCCC[C@@H]2C1=O. The van der Waals surface area contributed by atoms with E-state index in [0.717, 1.165) is 17.7 Å². The first-order valence-electron chi connectivity index (χ1n) is 9.11. The van der Waals surface area contributed by atoms with Gasteiger partial charge >= 0.3 is 5.97 Å². The van der Waals surface area contributed by atoms with E-state index < -0.39 is 5.97 Å². The van der Waals surface area contributed by atoms with Crippen molar-refractivity contribution in [2.24, 2.45) is 11.8 Å². The van der Waals surface area contributed by atoms with E-state index in [1.54, 1.807) is 18.2 Å². The number of hydrogen-bond acceptors (Lipinski definition) is 6. The van der Waals surface area contributed by atoms with Gasteiger partial charge in [-0.25, -0.2) is 0 Å². The molecular weight excluding hydrogens is 350 g/mol. The molecule has 144 valence electrons. The summed E-state index contributed by atoms with van der Waals surface area (Å²) in [7, 11) is 1.48. The molecule has 7 nitrogen and oxygen atoms in total. The fourth-order valence-electron chi connectivity index (χ4n) is 3.83. The largest absolute Gasteiger partial charge is 0.496 e. The molecule has 1 saturated heterocycles. The van der Waals surface area contributed by atoms with Crippen molar-refractivity contribution in [3.63, 3.8) is 0 Å². The van der Waals surface area contributed by atoms with Crippen LogP contribution in [0.3, 0.4) is 0 Å². The van der Waals surface area contributed by atoms with Gasteiger partial charge in [0.1, 0.15) is 18.9 Å². The third-order valence-electron chi connectivity index (χ3n) is 5.30. The molecule has 7 heteroatoms. The number of likely N-dealkylation sites (tertiary alicyclic amines) is 1. The lowest BCUT2D eigenvalue weighted by Crippen LogP contribution is -2.36. The zero-order valence-electron chi connectivity index (χ0n) is 15.5. The second kappa shape index (κ2) is 7.90. The van der Waals surface area contributed by atoms with Crippen LogP contribution in [-0.2, 0) is 25.7 Å². The number of methoxy groups -OCH3 is 1. The number of hydrogen-bond donors (Lipinski definition) is 0. The third kappa shape index (κ3) is 3.86. The molecule has 0 N–H and O–H groups in total. The zero-order chi connectivity index (χ0) is 19.6. The molecule has 1 heterocycles. The molecule has 1 aromatic carbocycles. The fourth-order valence-corrected chi connectivity index (χ4v) is 3.83. The Morgan fingerprint density at radius 2 is 1.74 bits per heavy atom. The molecule has 2 amide bonds. The predicted molar refractivity (Wildman–Crippen MR) is 95.0 cm³/mol. The van der Waals surface area contributed by atoms with Gasteiger partial charge in [-0.2, -0.15) is 0 Å². The number of rotatable bonds is 6. The Balaban J connectivity index is 1.63. The molecule has 1 aromatic rings. The lowest BCUT2D eigenvalue weighted by atomic mass is 9.81. The molecule has 2 atom stereocenters. The average molecular weight is 373 g/mol. The molecule has 0 aromatic heterocycles. The second-order valence-corrected chi connectivity index (χ2v) is 7.00. The van der Waals surface area contributed by atoms with Crippen molar-refractivity contribution >= 4 is 23.6 Å². The summed E-state index contributed by atoms with van der Waals surface area (Å²) < 4.78 is 10.5. The molecule has 1 saturated carbocycles. The molecule has 27 heavy (non-hydrogen) atoms. The van der Waals surface area contributed by atoms with Crippen molar-refractivity contribution in [3.8, 4) is 5.75 Å². The lowest BCUT2D eigenvalue weighted by molar-refractivity contribution is -0.153. The van der Waals surface area contributed by atoms with Crippen molar-refractivity contribution in [3.05, 3.63) is 29.3 Å². The minimum absolute atomic E-state index is 0.105. The Kier molecular flexibility index (Phi) is 5.58. The van der Waals surface area contributed by atoms with Crippen LogP contribution in [0.5, 0.6) is 5.75 Å². The van der Waals surface area contributed by atoms with Gasteiger partial charge in [-0.1, -0.05) is 12.8 Å². The van der Waals surface area contributed by atoms with Crippen molar-refractivity contribution in [1.82, 2.24) is 4.90 Å². The molecule has 0 radical (unpaired) electrons. The minimum atomic E-state index is -0.661. The molecular formula is C20H23NO6. The van der Waals surface area contributed by atoms with Gasteiger partial charge in [-0.3, -0.25) is 24.1 Å². The molecule has 1 aliphatic carbocycles. The highest BCUT2D eigenvalue weighted by Crippen LogP contribution is 2.37. The van der Waals surface area contributed by atoms with Crippen LogP contribution >= 0.6 is 0 Å². The highest BCUT2D eigenvalue weighted by Gasteiger charge is 2.48. The van der Waals surface area contributed by atoms with Crippen molar-refractivity contribution in [1.29, 1.82) is 0 Å². The predicted octanol–water partition coefficient (Wildman–Crippen LogP) is 2.12. The van der Waals surface area contributed by atoms with Gasteiger partial charge in [-0.15, -0.1) is 0 Å². The summed E-state index contributed by atoms with van der Waals surface area (Å²) in [4.78, 5) is 49.6. The molecule has 0 bridgehead atoms. The highest BCUT2D eigenvalue weighted by molar-refractivity contribution is 6.07. The number of benzene rings is 1. The number of esters is 1. The van der Waals surface area contributed by atoms with Crippen LogP contribution in [0, 0.1) is 11.8 Å². The Morgan fingerprint density at radius 1 is 1.11 bits per heavy atom. The summed E-state index contributed by atoms with van der Waals surface area (Å²) in [6, 6.07) is 4.88. The van der Waals surface area contributed by atoms with Gasteiger partial charge in [0.05, 0.1) is 18.9 Å². The Bertz CT molecular complexity index is 763. The topological polar surface area (TPSA) is 90.0 Å². The van der Waals surface area contributed by atoms with Gasteiger partial charge < -0.3 is 9.47 Å². The normalized spacial score (nSPS) is 21.8. The van der Waals surface area contributed by atoms with E-state index in [1.165, 1.54) is 14.0 Å². The highest BCUT2D eigenvalue weighted by atomic mass is 16.5. The monoisotopic (exact) mass is 373 g/mol. The zero-order valence-corrected chi connectivity index (χ0v) is 15.5. The molecule has 3 rings (SSSR count). The number of Topliss-reactive ketones (excluding diaryl/α,β-unsaturated/α-hetero) is 1. The van der Waals surface area contributed by atoms with Crippen LogP contribution < -0.4 is 4.74 Å². The minimum Gasteiger partial charge on any atom is -0.496 e. The lowest BCUT2D eigenvalue weighted by Gasteiger charge is -2.19. The van der Waals surface area contributed by atoms with Crippen LogP contribution in [0.4, 0.5) is 0 Å². The number of amides is 2. The van der Waals surface area contributed by atoms with Crippen LogP contribution in [0.2, 0.25) is 0 Å². The summed E-state index contributed by atoms with van der Waals surface area (Å²) in [5, 5.41) is 0. The Hall–Kier alpha value is -2.70. The van der Waals surface area contributed by atoms with Crippen LogP contribution in [-0.4, -0.2) is 42.1 Å². The van der Waals surface area contributed by atoms with Gasteiger partial charge in [0, 0.05) is 11.1 Å². The van der Waals surface area contributed by atoms with Gasteiger partial charge in [0.25, 0.3) is 0 Å². The van der Waals surface area contributed by atoms with E-state index in [0.29, 0.717) is 29.7 Å². The molecule has 0 unspecified atom stereocenters. The fraction of sp³-hybridized carbons (Fsp3) is 0.500. The Labute approximate surface area is 157 Å². The maximum absolute atomic E-state index is 12.4. The van der Waals surface area contributed by atoms with Crippen molar-refractivity contribution < 1.29 is 28.7 Å². The maximum Gasteiger partial charge on any atom is 0.326 e. The van der Waals surface area contributed by atoms with Crippen molar-refractivity contribution in [2.75, 3.05) is 13.7 Å². The van der Waals surface area contributed by atoms with E-state index >= 15 is 0 Å². The van der Waals surface area contributed by atoms with E-state index in [4.69, 9.17) is 9.47 Å². The number of carbonyl (C=O) groups is 4. The number of ether oxygens (including phenoxy) is 2. The summed E-state index contributed by atoms with van der Waals surface area (Å²) >= 11 is 0. The number of imide groups is 1. The molecule has 2 aliphatic rings. The molecule has 2 fully saturated rings. The van der Waals surface area contributed by atoms with Crippen LogP contribution in [0.1, 0.15) is 48.5 Å². The Morgan fingerprint density at radius 3 is 2.30 bits per heavy atom. The first-order chi connectivity index (χ1) is 12.9. The number of ketones is 1.